The molecule has 0 spiro atoms. The highest BCUT2D eigenvalue weighted by molar-refractivity contribution is 7.92. The van der Waals surface area contributed by atoms with Gasteiger partial charge in [-0.05, 0) is 41.3 Å². The molecule has 0 aliphatic heterocycles. The summed E-state index contributed by atoms with van der Waals surface area (Å²) in [6.45, 7) is 9.63. The molecule has 7 nitrogen and oxygen atoms in total. The second-order valence-corrected chi connectivity index (χ2v) is 11.6. The maximum absolute atomic E-state index is 13.3. The molecule has 35 heavy (non-hydrogen) atoms. The Kier molecular flexibility index (Phi) is 7.67. The summed E-state index contributed by atoms with van der Waals surface area (Å²) < 4.78 is 28.6. The molecule has 1 aromatic heterocycles. The number of ketones is 1. The fourth-order valence-corrected chi connectivity index (χ4v) is 4.41. The van der Waals surface area contributed by atoms with Crippen molar-refractivity contribution in [2.45, 2.75) is 44.9 Å². The summed E-state index contributed by atoms with van der Waals surface area (Å²) in [5.74, 6) is -0.945. The van der Waals surface area contributed by atoms with Crippen LogP contribution in [0.15, 0.2) is 65.7 Å². The number of amides is 1. The van der Waals surface area contributed by atoms with Gasteiger partial charge >= 0.3 is 0 Å². The topological polar surface area (TPSA) is 105 Å². The average Bonchev–Trinajstić information content (AvgIpc) is 2.78. The molecule has 0 fully saturated rings. The van der Waals surface area contributed by atoms with Crippen molar-refractivity contribution >= 4 is 44.7 Å². The van der Waals surface area contributed by atoms with E-state index in [1.165, 1.54) is 30.5 Å². The van der Waals surface area contributed by atoms with Gasteiger partial charge in [-0.25, -0.2) is 13.4 Å². The minimum Gasteiger partial charge on any atom is -0.326 e. The molecular weight excluding hydrogens is 486 g/mol. The zero-order chi connectivity index (χ0) is 26.0. The van der Waals surface area contributed by atoms with Crippen LogP contribution in [0.3, 0.4) is 0 Å². The van der Waals surface area contributed by atoms with Crippen LogP contribution < -0.4 is 10.0 Å². The second-order valence-electron chi connectivity index (χ2n) is 9.48. The number of benzene rings is 2. The Balaban J connectivity index is 1.93. The lowest BCUT2D eigenvalue weighted by Crippen LogP contribution is -2.19. The van der Waals surface area contributed by atoms with E-state index in [9.17, 15) is 18.0 Å². The van der Waals surface area contributed by atoms with Crippen molar-refractivity contribution in [3.05, 3.63) is 82.6 Å². The van der Waals surface area contributed by atoms with Gasteiger partial charge in [0.05, 0.1) is 15.6 Å². The van der Waals surface area contributed by atoms with Crippen LogP contribution in [0.4, 0.5) is 11.4 Å². The summed E-state index contributed by atoms with van der Waals surface area (Å²) in [5.41, 5.74) is 1.38. The van der Waals surface area contributed by atoms with E-state index in [-0.39, 0.29) is 44.1 Å². The Labute approximate surface area is 211 Å². The Hall–Kier alpha value is -3.23. The van der Waals surface area contributed by atoms with Gasteiger partial charge in [-0.1, -0.05) is 70.5 Å². The zero-order valence-electron chi connectivity index (χ0n) is 20.2. The van der Waals surface area contributed by atoms with Crippen molar-refractivity contribution in [1.29, 1.82) is 0 Å². The number of sulfonamides is 1. The maximum Gasteiger partial charge on any atom is 0.261 e. The summed E-state index contributed by atoms with van der Waals surface area (Å²) in [4.78, 5) is 29.4. The van der Waals surface area contributed by atoms with Gasteiger partial charge in [0.2, 0.25) is 11.7 Å². The lowest BCUT2D eigenvalue weighted by molar-refractivity contribution is -0.118. The van der Waals surface area contributed by atoms with Gasteiger partial charge in [-0.3, -0.25) is 14.3 Å². The van der Waals surface area contributed by atoms with E-state index in [1.54, 1.807) is 44.2 Å². The maximum atomic E-state index is 13.3. The fourth-order valence-electron chi connectivity index (χ4n) is 3.20. The predicted molar refractivity (Wildman–Crippen MR) is 139 cm³/mol. The number of nitrogens with zero attached hydrogens (tertiary/aromatic N) is 1. The Morgan fingerprint density at radius 2 is 1.66 bits per heavy atom. The molecule has 3 rings (SSSR count). The monoisotopic (exact) mass is 513 g/mol. The lowest BCUT2D eigenvalue weighted by atomic mass is 9.87. The first kappa shape index (κ1) is 26.4. The highest BCUT2D eigenvalue weighted by Gasteiger charge is 2.23. The minimum absolute atomic E-state index is 0.0426. The molecule has 1 heterocycles. The van der Waals surface area contributed by atoms with Crippen LogP contribution in [-0.4, -0.2) is 25.1 Å². The molecule has 0 unspecified atom stereocenters. The summed E-state index contributed by atoms with van der Waals surface area (Å²) in [5, 5.41) is 2.91. The second kappa shape index (κ2) is 10.2. The predicted octanol–water partition coefficient (Wildman–Crippen LogP) is 5.66. The number of rotatable bonds is 7. The van der Waals surface area contributed by atoms with E-state index in [1.807, 2.05) is 20.8 Å². The molecule has 0 atom stereocenters. The molecule has 9 heteroatoms. The van der Waals surface area contributed by atoms with Crippen molar-refractivity contribution in [2.24, 2.45) is 5.92 Å². The highest BCUT2D eigenvalue weighted by atomic mass is 35.5. The molecule has 0 radical (unpaired) electrons. The third kappa shape index (κ3) is 6.46. The Morgan fingerprint density at radius 1 is 1.00 bits per heavy atom. The lowest BCUT2D eigenvalue weighted by Gasteiger charge is -2.19. The normalized spacial score (nSPS) is 11.9. The number of hydrogen-bond donors (Lipinski definition) is 2. The fraction of sp³-hybridized carbons (Fsp3) is 0.269. The first-order valence-electron chi connectivity index (χ1n) is 11.0. The number of anilines is 2. The van der Waals surface area contributed by atoms with E-state index in [4.69, 9.17) is 11.6 Å². The van der Waals surface area contributed by atoms with E-state index < -0.39 is 15.8 Å². The SMILES string of the molecule is CC(C)C(=O)Nc1cccc(C(=O)c2ncc(Cl)cc2NS(=O)(=O)c2ccc(C(C)(C)C)cc2)c1. The summed E-state index contributed by atoms with van der Waals surface area (Å²) >= 11 is 6.07. The quantitative estimate of drug-likeness (QED) is 0.396. The molecule has 2 aromatic carbocycles. The summed E-state index contributed by atoms with van der Waals surface area (Å²) in [6, 6.07) is 14.3. The van der Waals surface area contributed by atoms with Crippen LogP contribution in [0.2, 0.25) is 5.02 Å². The van der Waals surface area contributed by atoms with Crippen LogP contribution in [0.5, 0.6) is 0 Å². The number of carbonyl (C=O) groups is 2. The highest BCUT2D eigenvalue weighted by Crippen LogP contribution is 2.27. The third-order valence-corrected chi connectivity index (χ3v) is 6.85. The van der Waals surface area contributed by atoms with Gasteiger partial charge in [0, 0.05) is 23.4 Å². The van der Waals surface area contributed by atoms with Crippen LogP contribution in [-0.2, 0) is 20.2 Å². The van der Waals surface area contributed by atoms with Gasteiger partial charge in [0.1, 0.15) is 5.69 Å². The first-order chi connectivity index (χ1) is 16.3. The molecule has 0 aliphatic rings. The van der Waals surface area contributed by atoms with Gasteiger partial charge < -0.3 is 5.32 Å². The molecule has 2 N–H and O–H groups in total. The molecule has 0 saturated heterocycles. The first-order valence-corrected chi connectivity index (χ1v) is 12.9. The number of pyridine rings is 1. The molecular formula is C26H28ClN3O4S. The summed E-state index contributed by atoms with van der Waals surface area (Å²) in [6.07, 6.45) is 1.27. The largest absolute Gasteiger partial charge is 0.326 e. The van der Waals surface area contributed by atoms with Crippen molar-refractivity contribution in [3.63, 3.8) is 0 Å². The van der Waals surface area contributed by atoms with Crippen LogP contribution in [0, 0.1) is 5.92 Å². The molecule has 0 aliphatic carbocycles. The van der Waals surface area contributed by atoms with E-state index >= 15 is 0 Å². The number of hydrogen-bond acceptors (Lipinski definition) is 5. The molecule has 1 amide bonds. The molecule has 0 saturated carbocycles. The smallest absolute Gasteiger partial charge is 0.261 e. The van der Waals surface area contributed by atoms with Crippen molar-refractivity contribution < 1.29 is 18.0 Å². The van der Waals surface area contributed by atoms with E-state index in [0.29, 0.717) is 5.69 Å². The molecule has 3 aromatic rings. The van der Waals surface area contributed by atoms with Crippen LogP contribution >= 0.6 is 11.6 Å². The van der Waals surface area contributed by atoms with E-state index in [2.05, 4.69) is 15.0 Å². The van der Waals surface area contributed by atoms with Crippen LogP contribution in [0.25, 0.3) is 0 Å². The van der Waals surface area contributed by atoms with Gasteiger partial charge in [-0.2, -0.15) is 0 Å². The van der Waals surface area contributed by atoms with Crippen molar-refractivity contribution in [1.82, 2.24) is 4.98 Å². The number of halogens is 1. The van der Waals surface area contributed by atoms with E-state index in [0.717, 1.165) is 5.56 Å². The Bertz CT molecular complexity index is 1360. The minimum atomic E-state index is -4.02. The Morgan fingerprint density at radius 3 is 2.26 bits per heavy atom. The van der Waals surface area contributed by atoms with Gasteiger partial charge in [0.15, 0.2) is 0 Å². The number of nitrogens with one attached hydrogen (secondary N) is 2. The number of carbonyl (C=O) groups excluding carboxylic acids is 2. The molecule has 0 bridgehead atoms. The molecule has 184 valence electrons. The third-order valence-electron chi connectivity index (χ3n) is 5.26. The zero-order valence-corrected chi connectivity index (χ0v) is 21.8. The summed E-state index contributed by atoms with van der Waals surface area (Å²) in [7, 11) is -4.02. The number of aromatic nitrogens is 1. The average molecular weight is 514 g/mol. The van der Waals surface area contributed by atoms with Gasteiger partial charge in [-0.15, -0.1) is 0 Å². The van der Waals surface area contributed by atoms with Crippen molar-refractivity contribution in [3.8, 4) is 0 Å². The van der Waals surface area contributed by atoms with Crippen LogP contribution in [0.1, 0.15) is 56.2 Å². The standard InChI is InChI=1S/C26H28ClN3O4S/c1-16(2)25(32)29-20-8-6-7-17(13-20)24(31)23-22(14-19(27)15-28-23)30-35(33,34)21-11-9-18(10-12-21)26(3,4)5/h6-16,30H,1-5H3,(H,29,32). The van der Waals surface area contributed by atoms with Crippen molar-refractivity contribution in [2.75, 3.05) is 10.0 Å². The van der Waals surface area contributed by atoms with Gasteiger partial charge in [0.25, 0.3) is 10.0 Å².